The van der Waals surface area contributed by atoms with E-state index in [9.17, 15) is 4.39 Å². The normalized spacial score (nSPS) is 11.9. The Kier molecular flexibility index (Phi) is 4.92. The van der Waals surface area contributed by atoms with Gasteiger partial charge in [-0.2, -0.15) is 10.4 Å². The van der Waals surface area contributed by atoms with Gasteiger partial charge in [-0.05, 0) is 55.8 Å². The van der Waals surface area contributed by atoms with E-state index in [4.69, 9.17) is 5.26 Å². The van der Waals surface area contributed by atoms with Crippen LogP contribution < -0.4 is 5.32 Å². The van der Waals surface area contributed by atoms with Crippen molar-refractivity contribution in [3.8, 4) is 11.8 Å². The second-order valence-electron chi connectivity index (χ2n) is 5.99. The Morgan fingerprint density at radius 2 is 2.00 bits per heavy atom. The van der Waals surface area contributed by atoms with E-state index in [1.54, 1.807) is 18.2 Å². The van der Waals surface area contributed by atoms with Crippen LogP contribution >= 0.6 is 0 Å². The summed E-state index contributed by atoms with van der Waals surface area (Å²) < 4.78 is 14.9. The lowest BCUT2D eigenvalue weighted by molar-refractivity contribution is 0.571. The molecule has 0 spiro atoms. The van der Waals surface area contributed by atoms with E-state index in [0.717, 1.165) is 22.5 Å². The summed E-state index contributed by atoms with van der Waals surface area (Å²) in [5.74, 6) is -0.261. The summed E-state index contributed by atoms with van der Waals surface area (Å²) in [6.07, 6.45) is 1.84. The zero-order valence-corrected chi connectivity index (χ0v) is 14.2. The van der Waals surface area contributed by atoms with Gasteiger partial charge in [0.2, 0.25) is 0 Å². The number of rotatable bonds is 5. The molecule has 1 atom stereocenters. The van der Waals surface area contributed by atoms with Crippen LogP contribution in [0.25, 0.3) is 5.69 Å². The van der Waals surface area contributed by atoms with Crippen molar-refractivity contribution in [1.29, 1.82) is 5.26 Å². The van der Waals surface area contributed by atoms with Crippen LogP contribution in [0.5, 0.6) is 0 Å². The molecule has 0 saturated heterocycles. The molecule has 0 fully saturated rings. The number of benzene rings is 2. The highest BCUT2D eigenvalue weighted by Gasteiger charge is 2.14. The largest absolute Gasteiger partial charge is 0.306 e. The molecule has 5 heteroatoms. The molecule has 3 aromatic rings. The number of nitrogens with zero attached hydrogens (tertiary/aromatic N) is 3. The molecule has 1 N–H and O–H groups in total. The smallest absolute Gasteiger partial charge is 0.123 e. The van der Waals surface area contributed by atoms with E-state index in [0.29, 0.717) is 12.1 Å². The first-order valence-corrected chi connectivity index (χ1v) is 8.11. The van der Waals surface area contributed by atoms with Crippen LogP contribution in [0.2, 0.25) is 0 Å². The maximum Gasteiger partial charge on any atom is 0.123 e. The number of halogens is 1. The SMILES string of the molecule is Cc1c(C(C)NCc2cccc(C#N)c2)cnn1-c1ccc(F)cc1. The number of nitriles is 1. The van der Waals surface area contributed by atoms with Crippen molar-refractivity contribution < 1.29 is 4.39 Å². The van der Waals surface area contributed by atoms with Crippen LogP contribution in [0, 0.1) is 24.1 Å². The van der Waals surface area contributed by atoms with Crippen molar-refractivity contribution in [2.24, 2.45) is 0 Å². The van der Waals surface area contributed by atoms with Gasteiger partial charge in [0.15, 0.2) is 0 Å². The highest BCUT2D eigenvalue weighted by Crippen LogP contribution is 2.21. The minimum atomic E-state index is -0.261. The molecule has 1 unspecified atom stereocenters. The molecule has 2 aromatic carbocycles. The van der Waals surface area contributed by atoms with Crippen molar-refractivity contribution in [2.75, 3.05) is 0 Å². The highest BCUT2D eigenvalue weighted by molar-refractivity contribution is 5.36. The third-order valence-corrected chi connectivity index (χ3v) is 4.25. The summed E-state index contributed by atoms with van der Waals surface area (Å²) in [5, 5.41) is 16.9. The van der Waals surface area contributed by atoms with Crippen molar-refractivity contribution in [2.45, 2.75) is 26.4 Å². The molecule has 4 nitrogen and oxygen atoms in total. The van der Waals surface area contributed by atoms with Crippen molar-refractivity contribution in [3.63, 3.8) is 0 Å². The van der Waals surface area contributed by atoms with Gasteiger partial charge in [0.25, 0.3) is 0 Å². The van der Waals surface area contributed by atoms with Gasteiger partial charge in [-0.3, -0.25) is 0 Å². The molecule has 126 valence electrons. The summed E-state index contributed by atoms with van der Waals surface area (Å²) in [6, 6.07) is 16.1. The van der Waals surface area contributed by atoms with Gasteiger partial charge >= 0.3 is 0 Å². The summed E-state index contributed by atoms with van der Waals surface area (Å²) in [7, 11) is 0. The van der Waals surface area contributed by atoms with Crippen LogP contribution in [0.1, 0.15) is 35.3 Å². The molecule has 3 rings (SSSR count). The third kappa shape index (κ3) is 3.76. The Morgan fingerprint density at radius 1 is 1.24 bits per heavy atom. The molecule has 0 bridgehead atoms. The fourth-order valence-electron chi connectivity index (χ4n) is 2.82. The lowest BCUT2D eigenvalue weighted by Gasteiger charge is -2.14. The summed E-state index contributed by atoms with van der Waals surface area (Å²) in [4.78, 5) is 0. The maximum absolute atomic E-state index is 13.1. The van der Waals surface area contributed by atoms with E-state index < -0.39 is 0 Å². The molecule has 0 amide bonds. The van der Waals surface area contributed by atoms with Crippen LogP contribution in [-0.2, 0) is 6.54 Å². The number of nitrogens with one attached hydrogen (secondary N) is 1. The molecule has 1 heterocycles. The van der Waals surface area contributed by atoms with Gasteiger partial charge in [0, 0.05) is 23.8 Å². The molecule has 25 heavy (non-hydrogen) atoms. The zero-order chi connectivity index (χ0) is 17.8. The second-order valence-corrected chi connectivity index (χ2v) is 5.99. The topological polar surface area (TPSA) is 53.6 Å². The monoisotopic (exact) mass is 334 g/mol. The minimum Gasteiger partial charge on any atom is -0.306 e. The van der Waals surface area contributed by atoms with Crippen LogP contribution in [0.15, 0.2) is 54.7 Å². The molecular weight excluding hydrogens is 315 g/mol. The quantitative estimate of drug-likeness (QED) is 0.766. The van der Waals surface area contributed by atoms with Crippen molar-refractivity contribution >= 4 is 0 Å². The van der Waals surface area contributed by atoms with Gasteiger partial charge in [-0.15, -0.1) is 0 Å². The Hall–Kier alpha value is -2.97. The Morgan fingerprint density at radius 3 is 2.72 bits per heavy atom. The average molecular weight is 334 g/mol. The first-order valence-electron chi connectivity index (χ1n) is 8.11. The van der Waals surface area contributed by atoms with Gasteiger partial charge in [-0.1, -0.05) is 12.1 Å². The summed E-state index contributed by atoms with van der Waals surface area (Å²) >= 11 is 0. The third-order valence-electron chi connectivity index (χ3n) is 4.25. The fourth-order valence-corrected chi connectivity index (χ4v) is 2.82. The van der Waals surface area contributed by atoms with Crippen LogP contribution in [0.4, 0.5) is 4.39 Å². The Bertz CT molecular complexity index is 906. The lowest BCUT2D eigenvalue weighted by atomic mass is 10.1. The molecular formula is C20H19FN4. The minimum absolute atomic E-state index is 0.0972. The average Bonchev–Trinajstić information content (AvgIpc) is 3.02. The number of aromatic nitrogens is 2. The van der Waals surface area contributed by atoms with Crippen LogP contribution in [-0.4, -0.2) is 9.78 Å². The number of hydrogen-bond acceptors (Lipinski definition) is 3. The van der Waals surface area contributed by atoms with Gasteiger partial charge in [0.1, 0.15) is 5.82 Å². The van der Waals surface area contributed by atoms with E-state index in [2.05, 4.69) is 23.4 Å². The fraction of sp³-hybridized carbons (Fsp3) is 0.200. The number of hydrogen-bond donors (Lipinski definition) is 1. The Balaban J connectivity index is 1.73. The van der Waals surface area contributed by atoms with E-state index in [-0.39, 0.29) is 11.9 Å². The first-order chi connectivity index (χ1) is 12.1. The van der Waals surface area contributed by atoms with E-state index >= 15 is 0 Å². The van der Waals surface area contributed by atoms with Gasteiger partial charge < -0.3 is 5.32 Å². The van der Waals surface area contributed by atoms with Crippen LogP contribution in [0.3, 0.4) is 0 Å². The second kappa shape index (κ2) is 7.29. The first kappa shape index (κ1) is 16.9. The van der Waals surface area contributed by atoms with E-state index in [1.807, 2.05) is 36.0 Å². The lowest BCUT2D eigenvalue weighted by Crippen LogP contribution is -2.18. The molecule has 1 aromatic heterocycles. The summed E-state index contributed by atoms with van der Waals surface area (Å²) in [6.45, 7) is 4.74. The van der Waals surface area contributed by atoms with E-state index in [1.165, 1.54) is 12.1 Å². The summed E-state index contributed by atoms with van der Waals surface area (Å²) in [5.41, 5.74) is 4.65. The molecule has 0 aliphatic heterocycles. The maximum atomic E-state index is 13.1. The van der Waals surface area contributed by atoms with Gasteiger partial charge in [-0.25, -0.2) is 9.07 Å². The van der Waals surface area contributed by atoms with Crippen molar-refractivity contribution in [1.82, 2.24) is 15.1 Å². The Labute approximate surface area is 146 Å². The molecule has 0 aliphatic carbocycles. The molecule has 0 aliphatic rings. The van der Waals surface area contributed by atoms with Crippen molar-refractivity contribution in [3.05, 3.63) is 82.9 Å². The molecule has 0 radical (unpaired) electrons. The zero-order valence-electron chi connectivity index (χ0n) is 14.2. The van der Waals surface area contributed by atoms with Gasteiger partial charge in [0.05, 0.1) is 23.5 Å². The predicted molar refractivity (Wildman–Crippen MR) is 94.7 cm³/mol. The highest BCUT2D eigenvalue weighted by atomic mass is 19.1. The standard InChI is InChI=1S/C20H19FN4/c1-14(23-12-17-5-3-4-16(10-17)11-22)20-13-24-25(15(20)2)19-8-6-18(21)7-9-19/h3-10,13-14,23H,12H2,1-2H3. The molecule has 0 saturated carbocycles. The predicted octanol–water partition coefficient (Wildman–Crippen LogP) is 4.04.